The highest BCUT2D eigenvalue weighted by Crippen LogP contribution is 2.22. The standard InChI is InChI=1S/C16H17FN2O2/c1-11-5-3-4-6-15(11)12(2)18-10-13-9-14(17)7-8-16(13)19(20)21/h3-9,12,18H,10H2,1-2H3/t12-/m0/s1. The fraction of sp³-hybridized carbons (Fsp3) is 0.250. The van der Waals surface area contributed by atoms with Crippen molar-refractivity contribution >= 4 is 5.69 Å². The van der Waals surface area contributed by atoms with Crippen molar-refractivity contribution in [1.29, 1.82) is 0 Å². The molecular weight excluding hydrogens is 271 g/mol. The first-order valence-electron chi connectivity index (χ1n) is 6.70. The van der Waals surface area contributed by atoms with Gasteiger partial charge in [-0.25, -0.2) is 4.39 Å². The molecule has 0 aliphatic carbocycles. The molecule has 1 N–H and O–H groups in total. The minimum atomic E-state index is -0.491. The highest BCUT2D eigenvalue weighted by Gasteiger charge is 2.15. The lowest BCUT2D eigenvalue weighted by atomic mass is 10.0. The SMILES string of the molecule is Cc1ccccc1[C@H](C)NCc1cc(F)ccc1[N+](=O)[O-]. The zero-order valence-electron chi connectivity index (χ0n) is 12.0. The van der Waals surface area contributed by atoms with Gasteiger partial charge in [0.05, 0.1) is 4.92 Å². The van der Waals surface area contributed by atoms with Crippen LogP contribution in [0.3, 0.4) is 0 Å². The molecule has 0 spiro atoms. The highest BCUT2D eigenvalue weighted by atomic mass is 19.1. The summed E-state index contributed by atoms with van der Waals surface area (Å²) < 4.78 is 13.3. The molecule has 0 saturated heterocycles. The van der Waals surface area contributed by atoms with Gasteiger partial charge in [-0.3, -0.25) is 10.1 Å². The highest BCUT2D eigenvalue weighted by molar-refractivity contribution is 5.40. The lowest BCUT2D eigenvalue weighted by Gasteiger charge is -2.16. The van der Waals surface area contributed by atoms with E-state index in [2.05, 4.69) is 5.32 Å². The Bertz CT molecular complexity index is 658. The number of benzene rings is 2. The monoisotopic (exact) mass is 288 g/mol. The van der Waals surface area contributed by atoms with Crippen LogP contribution in [0.25, 0.3) is 0 Å². The molecule has 0 aliphatic rings. The van der Waals surface area contributed by atoms with Gasteiger partial charge in [0.15, 0.2) is 0 Å². The van der Waals surface area contributed by atoms with Crippen molar-refractivity contribution in [2.24, 2.45) is 0 Å². The Morgan fingerprint density at radius 3 is 2.67 bits per heavy atom. The van der Waals surface area contributed by atoms with Gasteiger partial charge < -0.3 is 5.32 Å². The van der Waals surface area contributed by atoms with E-state index in [0.29, 0.717) is 5.56 Å². The summed E-state index contributed by atoms with van der Waals surface area (Å²) in [5.74, 6) is -0.471. The average molecular weight is 288 g/mol. The molecule has 0 radical (unpaired) electrons. The van der Waals surface area contributed by atoms with E-state index in [0.717, 1.165) is 17.2 Å². The number of rotatable bonds is 5. The Morgan fingerprint density at radius 1 is 1.29 bits per heavy atom. The van der Waals surface area contributed by atoms with E-state index < -0.39 is 10.7 Å². The summed E-state index contributed by atoms with van der Waals surface area (Å²) in [5.41, 5.74) is 2.55. The molecule has 0 heterocycles. The van der Waals surface area contributed by atoms with Crippen molar-refractivity contribution in [1.82, 2.24) is 5.32 Å². The maximum Gasteiger partial charge on any atom is 0.274 e. The second-order valence-electron chi connectivity index (χ2n) is 4.99. The molecule has 0 fully saturated rings. The molecule has 0 amide bonds. The molecule has 5 heteroatoms. The van der Waals surface area contributed by atoms with Crippen LogP contribution in [-0.4, -0.2) is 4.92 Å². The van der Waals surface area contributed by atoms with Crippen molar-refractivity contribution < 1.29 is 9.31 Å². The van der Waals surface area contributed by atoms with Gasteiger partial charge in [0.2, 0.25) is 0 Å². The Morgan fingerprint density at radius 2 is 2.00 bits per heavy atom. The number of nitro groups is 1. The van der Waals surface area contributed by atoms with Crippen LogP contribution in [0.5, 0.6) is 0 Å². The molecule has 4 nitrogen and oxygen atoms in total. The number of hydrogen-bond donors (Lipinski definition) is 1. The first kappa shape index (κ1) is 15.1. The van der Waals surface area contributed by atoms with Crippen LogP contribution in [0, 0.1) is 22.9 Å². The van der Waals surface area contributed by atoms with E-state index in [1.54, 1.807) is 0 Å². The fourth-order valence-corrected chi connectivity index (χ4v) is 2.32. The van der Waals surface area contributed by atoms with E-state index in [-0.39, 0.29) is 18.3 Å². The van der Waals surface area contributed by atoms with Gasteiger partial charge in [0.1, 0.15) is 5.82 Å². The minimum absolute atomic E-state index is 0.0223. The molecule has 0 saturated carbocycles. The third-order valence-corrected chi connectivity index (χ3v) is 3.49. The van der Waals surface area contributed by atoms with Crippen molar-refractivity contribution in [3.63, 3.8) is 0 Å². The minimum Gasteiger partial charge on any atom is -0.306 e. The molecule has 0 aromatic heterocycles. The Hall–Kier alpha value is -2.27. The lowest BCUT2D eigenvalue weighted by molar-refractivity contribution is -0.385. The molecule has 110 valence electrons. The fourth-order valence-electron chi connectivity index (χ4n) is 2.32. The summed E-state index contributed by atoms with van der Waals surface area (Å²) in [7, 11) is 0. The summed E-state index contributed by atoms with van der Waals surface area (Å²) in [5, 5.41) is 14.2. The predicted octanol–water partition coefficient (Wildman–Crippen LogP) is 3.89. The van der Waals surface area contributed by atoms with Gasteiger partial charge >= 0.3 is 0 Å². The number of aryl methyl sites for hydroxylation is 1. The molecule has 2 rings (SSSR count). The van der Waals surface area contributed by atoms with Crippen LogP contribution >= 0.6 is 0 Å². The van der Waals surface area contributed by atoms with Crippen molar-refractivity contribution in [3.05, 3.63) is 75.1 Å². The molecule has 2 aromatic rings. The van der Waals surface area contributed by atoms with Gasteiger partial charge in [-0.05, 0) is 37.1 Å². The van der Waals surface area contributed by atoms with Gasteiger partial charge in [-0.1, -0.05) is 24.3 Å². The van der Waals surface area contributed by atoms with Gasteiger partial charge in [-0.15, -0.1) is 0 Å². The molecule has 2 aromatic carbocycles. The molecule has 0 aliphatic heterocycles. The van der Waals surface area contributed by atoms with Crippen LogP contribution in [0.1, 0.15) is 29.7 Å². The summed E-state index contributed by atoms with van der Waals surface area (Å²) in [6, 6.07) is 11.5. The van der Waals surface area contributed by atoms with Gasteiger partial charge in [-0.2, -0.15) is 0 Å². The first-order chi connectivity index (χ1) is 9.99. The third-order valence-electron chi connectivity index (χ3n) is 3.49. The van der Waals surface area contributed by atoms with E-state index in [4.69, 9.17) is 0 Å². The van der Waals surface area contributed by atoms with Crippen LogP contribution in [0.4, 0.5) is 10.1 Å². The number of nitrogens with one attached hydrogen (secondary N) is 1. The van der Waals surface area contributed by atoms with Crippen LogP contribution < -0.4 is 5.32 Å². The summed E-state index contributed by atoms with van der Waals surface area (Å²) in [6.07, 6.45) is 0. The summed E-state index contributed by atoms with van der Waals surface area (Å²) in [6.45, 7) is 4.23. The van der Waals surface area contributed by atoms with Crippen molar-refractivity contribution in [3.8, 4) is 0 Å². The zero-order chi connectivity index (χ0) is 15.4. The molecule has 0 unspecified atom stereocenters. The van der Waals surface area contributed by atoms with Crippen molar-refractivity contribution in [2.45, 2.75) is 26.4 Å². The van der Waals surface area contributed by atoms with Gasteiger partial charge in [0, 0.05) is 24.2 Å². The van der Waals surface area contributed by atoms with Crippen molar-refractivity contribution in [2.75, 3.05) is 0 Å². The zero-order valence-corrected chi connectivity index (χ0v) is 12.0. The summed E-state index contributed by atoms with van der Waals surface area (Å²) >= 11 is 0. The number of nitrogens with zero attached hydrogens (tertiary/aromatic N) is 1. The quantitative estimate of drug-likeness (QED) is 0.670. The van der Waals surface area contributed by atoms with E-state index >= 15 is 0 Å². The number of hydrogen-bond acceptors (Lipinski definition) is 3. The van der Waals surface area contributed by atoms with Crippen LogP contribution in [0.2, 0.25) is 0 Å². The van der Waals surface area contributed by atoms with Crippen LogP contribution in [0.15, 0.2) is 42.5 Å². The lowest BCUT2D eigenvalue weighted by Crippen LogP contribution is -2.19. The molecular formula is C16H17FN2O2. The summed E-state index contributed by atoms with van der Waals surface area (Å²) in [4.78, 5) is 10.5. The van der Waals surface area contributed by atoms with E-state index in [1.165, 1.54) is 12.1 Å². The Balaban J connectivity index is 2.15. The Labute approximate surface area is 122 Å². The van der Waals surface area contributed by atoms with E-state index in [9.17, 15) is 14.5 Å². The molecule has 1 atom stereocenters. The molecule has 0 bridgehead atoms. The maximum atomic E-state index is 13.3. The predicted molar refractivity (Wildman–Crippen MR) is 79.5 cm³/mol. The average Bonchev–Trinajstić information content (AvgIpc) is 2.45. The third kappa shape index (κ3) is 3.64. The van der Waals surface area contributed by atoms with E-state index in [1.807, 2.05) is 38.1 Å². The van der Waals surface area contributed by atoms with Crippen LogP contribution in [-0.2, 0) is 6.54 Å². The Kier molecular flexibility index (Phi) is 4.65. The smallest absolute Gasteiger partial charge is 0.274 e. The number of nitro benzene ring substituents is 1. The largest absolute Gasteiger partial charge is 0.306 e. The maximum absolute atomic E-state index is 13.3. The second kappa shape index (κ2) is 6.45. The second-order valence-corrected chi connectivity index (χ2v) is 4.99. The van der Waals surface area contributed by atoms with Gasteiger partial charge in [0.25, 0.3) is 5.69 Å². The number of halogens is 1. The topological polar surface area (TPSA) is 55.2 Å². The first-order valence-corrected chi connectivity index (χ1v) is 6.70. The molecule has 21 heavy (non-hydrogen) atoms. The normalized spacial score (nSPS) is 12.1.